The molecule has 0 aliphatic carbocycles. The van der Waals surface area contributed by atoms with Crippen molar-refractivity contribution in [2.45, 2.75) is 18.2 Å². The third-order valence-corrected chi connectivity index (χ3v) is 5.23. The molecule has 0 bridgehead atoms. The van der Waals surface area contributed by atoms with E-state index < -0.39 is 16.0 Å². The first-order valence-corrected chi connectivity index (χ1v) is 7.80. The molecule has 1 aromatic carbocycles. The van der Waals surface area contributed by atoms with Crippen LogP contribution in [-0.4, -0.2) is 32.6 Å². The Morgan fingerprint density at radius 1 is 1.47 bits per heavy atom. The second-order valence-electron chi connectivity index (χ2n) is 3.95. The van der Waals surface area contributed by atoms with E-state index in [-0.39, 0.29) is 17.0 Å². The van der Waals surface area contributed by atoms with E-state index in [1.165, 1.54) is 6.07 Å². The van der Waals surface area contributed by atoms with E-state index in [4.69, 9.17) is 10.8 Å². The molecule has 4 N–H and O–H groups in total. The monoisotopic (exact) mass is 350 g/mol. The van der Waals surface area contributed by atoms with Gasteiger partial charge >= 0.3 is 5.97 Å². The van der Waals surface area contributed by atoms with Gasteiger partial charge in [0.15, 0.2) is 0 Å². The van der Waals surface area contributed by atoms with Crippen LogP contribution in [0.5, 0.6) is 0 Å². The quantitative estimate of drug-likeness (QED) is 0.665. The van der Waals surface area contributed by atoms with Crippen molar-refractivity contribution in [2.24, 2.45) is 5.73 Å². The van der Waals surface area contributed by atoms with E-state index in [0.717, 1.165) is 6.07 Å². The number of nitrogens with two attached hydrogens (primary N) is 1. The van der Waals surface area contributed by atoms with Crippen LogP contribution in [0.25, 0.3) is 0 Å². The Kier molecular flexibility index (Phi) is 5.48. The molecular weight excluding hydrogens is 336 g/mol. The zero-order valence-corrected chi connectivity index (χ0v) is 12.7. The Balaban J connectivity index is 3.21. The summed E-state index contributed by atoms with van der Waals surface area (Å²) in [5.74, 6) is -1.17. The number of nitrogens with one attached hydrogen (secondary N) is 1. The molecule has 0 fully saturated rings. The fourth-order valence-electron chi connectivity index (χ4n) is 1.44. The van der Waals surface area contributed by atoms with E-state index in [9.17, 15) is 13.2 Å². The van der Waals surface area contributed by atoms with Crippen molar-refractivity contribution in [1.29, 1.82) is 0 Å². The van der Waals surface area contributed by atoms with E-state index in [2.05, 4.69) is 20.7 Å². The Morgan fingerprint density at radius 2 is 2.11 bits per heavy atom. The van der Waals surface area contributed by atoms with Crippen LogP contribution in [0.2, 0.25) is 0 Å². The molecule has 0 atom stereocenters. The van der Waals surface area contributed by atoms with Crippen molar-refractivity contribution >= 4 is 31.9 Å². The van der Waals surface area contributed by atoms with Gasteiger partial charge in [-0.1, -0.05) is 0 Å². The minimum absolute atomic E-state index is 0.0695. The fourth-order valence-corrected chi connectivity index (χ4v) is 3.56. The molecule has 0 amide bonds. The highest BCUT2D eigenvalue weighted by Crippen LogP contribution is 2.27. The number of halogens is 1. The second-order valence-corrected chi connectivity index (χ2v) is 6.48. The van der Waals surface area contributed by atoms with Gasteiger partial charge in [-0.2, -0.15) is 0 Å². The third kappa shape index (κ3) is 4.00. The van der Waals surface area contributed by atoms with Gasteiger partial charge in [0.25, 0.3) is 0 Å². The number of carboxylic acid groups (broad SMARTS) is 1. The van der Waals surface area contributed by atoms with Gasteiger partial charge in [0, 0.05) is 11.0 Å². The number of rotatable bonds is 6. The van der Waals surface area contributed by atoms with Crippen LogP contribution in [0.3, 0.4) is 0 Å². The number of aromatic carboxylic acids is 1. The Bertz CT molecular complexity index is 587. The van der Waals surface area contributed by atoms with Crippen molar-refractivity contribution in [1.82, 2.24) is 4.72 Å². The normalized spacial score (nSPS) is 11.5. The highest BCUT2D eigenvalue weighted by molar-refractivity contribution is 9.10. The average Bonchev–Trinajstić information content (AvgIpc) is 2.32. The van der Waals surface area contributed by atoms with Crippen molar-refractivity contribution in [3.63, 3.8) is 0 Å². The lowest BCUT2D eigenvalue weighted by Crippen LogP contribution is -2.27. The van der Waals surface area contributed by atoms with Crippen LogP contribution < -0.4 is 10.5 Å². The minimum atomic E-state index is -3.76. The van der Waals surface area contributed by atoms with Crippen LogP contribution in [0.15, 0.2) is 21.5 Å². The molecule has 0 aliphatic rings. The molecule has 0 spiro atoms. The van der Waals surface area contributed by atoms with Gasteiger partial charge in [-0.25, -0.2) is 17.9 Å². The zero-order valence-electron chi connectivity index (χ0n) is 10.3. The first-order chi connectivity index (χ1) is 8.79. The van der Waals surface area contributed by atoms with Crippen LogP contribution in [0.1, 0.15) is 22.3 Å². The summed E-state index contributed by atoms with van der Waals surface area (Å²) in [6.07, 6.45) is 0.508. The summed E-state index contributed by atoms with van der Waals surface area (Å²) in [4.78, 5) is 10.9. The lowest BCUT2D eigenvalue weighted by molar-refractivity contribution is 0.0696. The number of carboxylic acids is 1. The van der Waals surface area contributed by atoms with E-state index in [0.29, 0.717) is 23.0 Å². The van der Waals surface area contributed by atoms with Gasteiger partial charge in [0.1, 0.15) is 0 Å². The van der Waals surface area contributed by atoms with Gasteiger partial charge in [-0.15, -0.1) is 0 Å². The van der Waals surface area contributed by atoms with E-state index >= 15 is 0 Å². The summed E-state index contributed by atoms with van der Waals surface area (Å²) in [6, 6.07) is 2.54. The van der Waals surface area contributed by atoms with E-state index in [1.807, 2.05) is 0 Å². The zero-order chi connectivity index (χ0) is 14.6. The predicted molar refractivity (Wildman–Crippen MR) is 74.7 cm³/mol. The summed E-state index contributed by atoms with van der Waals surface area (Å²) in [5.41, 5.74) is 5.76. The molecule has 1 rings (SSSR count). The topological polar surface area (TPSA) is 109 Å². The van der Waals surface area contributed by atoms with Crippen LogP contribution in [0, 0.1) is 6.92 Å². The maximum atomic E-state index is 12.1. The fraction of sp³-hybridized carbons (Fsp3) is 0.364. The number of carbonyl (C=O) groups is 1. The smallest absolute Gasteiger partial charge is 0.335 e. The minimum Gasteiger partial charge on any atom is -0.478 e. The van der Waals surface area contributed by atoms with Crippen molar-refractivity contribution in [3.05, 3.63) is 27.7 Å². The highest BCUT2D eigenvalue weighted by Gasteiger charge is 2.21. The maximum Gasteiger partial charge on any atom is 0.335 e. The van der Waals surface area contributed by atoms with Gasteiger partial charge in [0.05, 0.1) is 10.5 Å². The molecule has 0 saturated carbocycles. The maximum absolute atomic E-state index is 12.1. The molecule has 0 saturated heterocycles. The Morgan fingerprint density at radius 3 is 2.63 bits per heavy atom. The van der Waals surface area contributed by atoms with Crippen LogP contribution in [-0.2, 0) is 10.0 Å². The van der Waals surface area contributed by atoms with Gasteiger partial charge in [-0.05, 0) is 53.5 Å². The standard InChI is InChI=1S/C11H15BrN2O4S/c1-7-5-8(11(15)16)6-9(10(7)12)19(17,18)14-4-2-3-13/h5-6,14H,2-4,13H2,1H3,(H,15,16). The largest absolute Gasteiger partial charge is 0.478 e. The summed E-state index contributed by atoms with van der Waals surface area (Å²) in [7, 11) is -3.76. The lowest BCUT2D eigenvalue weighted by Gasteiger charge is -2.11. The summed E-state index contributed by atoms with van der Waals surface area (Å²) in [6.45, 7) is 2.22. The summed E-state index contributed by atoms with van der Waals surface area (Å²) >= 11 is 3.17. The molecule has 19 heavy (non-hydrogen) atoms. The summed E-state index contributed by atoms with van der Waals surface area (Å²) < 4.78 is 26.9. The highest BCUT2D eigenvalue weighted by atomic mass is 79.9. The lowest BCUT2D eigenvalue weighted by atomic mass is 10.1. The molecule has 6 nitrogen and oxygen atoms in total. The Hall–Kier alpha value is -0.960. The van der Waals surface area contributed by atoms with Crippen molar-refractivity contribution in [2.75, 3.05) is 13.1 Å². The molecule has 0 aliphatic heterocycles. The summed E-state index contributed by atoms with van der Waals surface area (Å²) in [5, 5.41) is 8.96. The molecule has 0 heterocycles. The third-order valence-electron chi connectivity index (χ3n) is 2.43. The first-order valence-electron chi connectivity index (χ1n) is 5.52. The number of aryl methyl sites for hydroxylation is 1. The SMILES string of the molecule is Cc1cc(C(=O)O)cc(S(=O)(=O)NCCCN)c1Br. The molecule has 1 aromatic rings. The van der Waals surface area contributed by atoms with Crippen molar-refractivity contribution < 1.29 is 18.3 Å². The molecule has 0 unspecified atom stereocenters. The average molecular weight is 351 g/mol. The number of hydrogen-bond donors (Lipinski definition) is 3. The number of hydrogen-bond acceptors (Lipinski definition) is 4. The molecular formula is C11H15BrN2O4S. The van der Waals surface area contributed by atoms with Gasteiger partial charge in [0.2, 0.25) is 10.0 Å². The van der Waals surface area contributed by atoms with Gasteiger partial charge in [-0.3, -0.25) is 0 Å². The molecule has 0 aromatic heterocycles. The Labute approximate surface area is 120 Å². The van der Waals surface area contributed by atoms with Crippen LogP contribution in [0.4, 0.5) is 0 Å². The number of sulfonamides is 1. The predicted octanol–water partition coefficient (Wildman–Crippen LogP) is 1.08. The number of benzene rings is 1. The molecule has 106 valence electrons. The molecule has 8 heteroatoms. The first kappa shape index (κ1) is 16.1. The second kappa shape index (κ2) is 6.47. The van der Waals surface area contributed by atoms with Crippen LogP contribution >= 0.6 is 15.9 Å². The van der Waals surface area contributed by atoms with Crippen molar-refractivity contribution in [3.8, 4) is 0 Å². The van der Waals surface area contributed by atoms with E-state index in [1.54, 1.807) is 6.92 Å². The molecule has 0 radical (unpaired) electrons. The van der Waals surface area contributed by atoms with Gasteiger partial charge < -0.3 is 10.8 Å².